The fourth-order valence-electron chi connectivity index (χ4n) is 3.51. The lowest BCUT2D eigenvalue weighted by molar-refractivity contribution is 0.205. The van der Waals surface area contributed by atoms with Gasteiger partial charge in [-0.2, -0.15) is 0 Å². The van der Waals surface area contributed by atoms with E-state index in [1.165, 1.54) is 0 Å². The fourth-order valence-corrected chi connectivity index (χ4v) is 3.63. The quantitative estimate of drug-likeness (QED) is 0.555. The first-order chi connectivity index (χ1) is 14.7. The third-order valence-corrected chi connectivity index (χ3v) is 5.55. The van der Waals surface area contributed by atoms with Gasteiger partial charge in [0.05, 0.1) is 12.1 Å². The Hall–Kier alpha value is -2.83. The fraction of sp³-hybridized carbons (Fsp3) is 0.333. The molecule has 0 aliphatic rings. The zero-order valence-corrected chi connectivity index (χ0v) is 19.2. The number of carbonyl (C=O) groups is 1. The van der Waals surface area contributed by atoms with Crippen molar-refractivity contribution in [2.45, 2.75) is 26.8 Å². The Balaban J connectivity index is 1.87. The van der Waals surface area contributed by atoms with Gasteiger partial charge in [0.1, 0.15) is 0 Å². The van der Waals surface area contributed by atoms with Crippen LogP contribution in [0.25, 0.3) is 10.9 Å². The minimum Gasteiger partial charge on any atom is -0.321 e. The number of H-pyrrole nitrogens is 1. The number of pyridine rings is 1. The predicted octanol–water partition coefficient (Wildman–Crippen LogP) is 4.78. The van der Waals surface area contributed by atoms with Crippen LogP contribution in [0, 0.1) is 13.8 Å². The van der Waals surface area contributed by atoms with Crippen molar-refractivity contribution < 1.29 is 4.79 Å². The van der Waals surface area contributed by atoms with Gasteiger partial charge in [-0.25, -0.2) is 4.79 Å². The number of nitrogens with zero attached hydrogens (tertiary/aromatic N) is 2. The molecule has 0 saturated heterocycles. The maximum absolute atomic E-state index is 13.0. The van der Waals surface area contributed by atoms with E-state index in [0.717, 1.165) is 35.0 Å². The molecule has 0 aliphatic carbocycles. The number of aromatic nitrogens is 1. The number of aromatic amines is 1. The first-order valence-corrected chi connectivity index (χ1v) is 10.7. The number of fused-ring (bicyclic) bond motifs is 1. The van der Waals surface area contributed by atoms with Gasteiger partial charge in [0.2, 0.25) is 0 Å². The highest BCUT2D eigenvalue weighted by Crippen LogP contribution is 2.20. The Morgan fingerprint density at radius 3 is 2.39 bits per heavy atom. The summed E-state index contributed by atoms with van der Waals surface area (Å²) < 4.78 is 0. The van der Waals surface area contributed by atoms with Crippen molar-refractivity contribution in [3.8, 4) is 0 Å². The number of carbonyl (C=O) groups excluding carboxylic acids is 1. The molecule has 0 bridgehead atoms. The van der Waals surface area contributed by atoms with E-state index in [1.807, 2.05) is 46.1 Å². The molecule has 0 radical (unpaired) electrons. The third-order valence-electron chi connectivity index (χ3n) is 5.30. The lowest BCUT2D eigenvalue weighted by Gasteiger charge is -2.24. The molecular weight excluding hydrogens is 412 g/mol. The third kappa shape index (κ3) is 5.87. The number of hydrogen-bond acceptors (Lipinski definition) is 3. The molecule has 2 N–H and O–H groups in total. The van der Waals surface area contributed by atoms with Crippen LogP contribution in [0.15, 0.2) is 47.3 Å². The zero-order chi connectivity index (χ0) is 22.5. The summed E-state index contributed by atoms with van der Waals surface area (Å²) in [5.74, 6) is 0. The number of benzene rings is 2. The largest absolute Gasteiger partial charge is 0.322 e. The summed E-state index contributed by atoms with van der Waals surface area (Å²) in [6.07, 6.45) is 0.796. The topological polar surface area (TPSA) is 68.4 Å². The molecule has 0 saturated carbocycles. The molecule has 0 atom stereocenters. The molecule has 164 valence electrons. The molecule has 1 aromatic heterocycles. The molecule has 3 aromatic rings. The standard InChI is InChI=1S/C24H29ClN4O2/c1-16-6-7-17(2)22-21(16)14-18(23(30)27-22)15-29(13-5-12-28(3)4)24(31)26-20-10-8-19(25)9-11-20/h6-11,14H,5,12-13,15H2,1-4H3,(H,26,31)(H,27,30). The van der Waals surface area contributed by atoms with E-state index < -0.39 is 0 Å². The van der Waals surface area contributed by atoms with Crippen LogP contribution < -0.4 is 10.9 Å². The second kappa shape index (κ2) is 9.98. The van der Waals surface area contributed by atoms with Crippen LogP contribution in [0.3, 0.4) is 0 Å². The predicted molar refractivity (Wildman–Crippen MR) is 128 cm³/mol. The highest BCUT2D eigenvalue weighted by molar-refractivity contribution is 6.30. The van der Waals surface area contributed by atoms with Crippen molar-refractivity contribution in [2.24, 2.45) is 0 Å². The van der Waals surface area contributed by atoms with Gasteiger partial charge in [-0.05, 0) is 82.4 Å². The van der Waals surface area contributed by atoms with Crippen LogP contribution >= 0.6 is 11.6 Å². The van der Waals surface area contributed by atoms with Crippen molar-refractivity contribution in [2.75, 3.05) is 32.5 Å². The van der Waals surface area contributed by atoms with E-state index in [1.54, 1.807) is 29.2 Å². The molecule has 7 heteroatoms. The monoisotopic (exact) mass is 440 g/mol. The van der Waals surface area contributed by atoms with Crippen molar-refractivity contribution in [1.82, 2.24) is 14.8 Å². The second-order valence-corrected chi connectivity index (χ2v) is 8.56. The maximum atomic E-state index is 13.0. The Labute approximate surface area is 187 Å². The van der Waals surface area contributed by atoms with Crippen LogP contribution in [0.4, 0.5) is 10.5 Å². The van der Waals surface area contributed by atoms with Gasteiger partial charge in [-0.1, -0.05) is 23.7 Å². The molecule has 0 aliphatic heterocycles. The molecular formula is C24H29ClN4O2. The number of nitrogens with one attached hydrogen (secondary N) is 2. The minimum absolute atomic E-state index is 0.168. The summed E-state index contributed by atoms with van der Waals surface area (Å²) in [5.41, 5.74) is 4.01. The summed E-state index contributed by atoms with van der Waals surface area (Å²) in [5, 5.41) is 4.51. The van der Waals surface area contributed by atoms with E-state index in [9.17, 15) is 9.59 Å². The molecule has 6 nitrogen and oxygen atoms in total. The average molecular weight is 441 g/mol. The van der Waals surface area contributed by atoms with Gasteiger partial charge in [-0.3, -0.25) is 4.79 Å². The van der Waals surface area contributed by atoms with E-state index in [0.29, 0.717) is 22.8 Å². The maximum Gasteiger partial charge on any atom is 0.322 e. The molecule has 1 heterocycles. The van der Waals surface area contributed by atoms with Gasteiger partial charge in [-0.15, -0.1) is 0 Å². The molecule has 2 aromatic carbocycles. The lowest BCUT2D eigenvalue weighted by Crippen LogP contribution is -2.37. The second-order valence-electron chi connectivity index (χ2n) is 8.13. The van der Waals surface area contributed by atoms with Gasteiger partial charge in [0.25, 0.3) is 5.56 Å². The van der Waals surface area contributed by atoms with Crippen LogP contribution in [-0.2, 0) is 6.54 Å². The van der Waals surface area contributed by atoms with Crippen molar-refractivity contribution in [3.63, 3.8) is 0 Å². The van der Waals surface area contributed by atoms with E-state index in [-0.39, 0.29) is 18.1 Å². The van der Waals surface area contributed by atoms with Crippen LogP contribution in [0.5, 0.6) is 0 Å². The first kappa shape index (κ1) is 22.8. The van der Waals surface area contributed by atoms with E-state index >= 15 is 0 Å². The van der Waals surface area contributed by atoms with E-state index in [4.69, 9.17) is 11.6 Å². The number of halogens is 1. The van der Waals surface area contributed by atoms with Gasteiger partial charge < -0.3 is 20.1 Å². The van der Waals surface area contributed by atoms with Crippen molar-refractivity contribution in [3.05, 3.63) is 74.5 Å². The number of urea groups is 1. The summed E-state index contributed by atoms with van der Waals surface area (Å²) in [6, 6.07) is 12.7. The summed E-state index contributed by atoms with van der Waals surface area (Å²) in [6.45, 7) is 5.60. The first-order valence-electron chi connectivity index (χ1n) is 10.3. The number of amides is 2. The van der Waals surface area contributed by atoms with Crippen LogP contribution in [0.2, 0.25) is 5.02 Å². The van der Waals surface area contributed by atoms with Gasteiger partial charge in [0, 0.05) is 28.2 Å². The molecule has 0 unspecified atom stereocenters. The lowest BCUT2D eigenvalue weighted by atomic mass is 10.0. The highest BCUT2D eigenvalue weighted by atomic mass is 35.5. The highest BCUT2D eigenvalue weighted by Gasteiger charge is 2.17. The number of hydrogen-bond donors (Lipinski definition) is 2. The normalized spacial score (nSPS) is 11.2. The molecule has 0 spiro atoms. The average Bonchev–Trinajstić information content (AvgIpc) is 2.72. The van der Waals surface area contributed by atoms with Crippen LogP contribution in [-0.4, -0.2) is 48.0 Å². The molecule has 0 fully saturated rings. The van der Waals surface area contributed by atoms with Crippen molar-refractivity contribution in [1.29, 1.82) is 0 Å². The van der Waals surface area contributed by atoms with Gasteiger partial charge in [0.15, 0.2) is 0 Å². The number of rotatable bonds is 7. The Morgan fingerprint density at radius 1 is 1.03 bits per heavy atom. The minimum atomic E-state index is -0.249. The zero-order valence-electron chi connectivity index (χ0n) is 18.5. The Kier molecular flexibility index (Phi) is 7.36. The van der Waals surface area contributed by atoms with Crippen LogP contribution in [0.1, 0.15) is 23.1 Å². The summed E-state index contributed by atoms with van der Waals surface area (Å²) in [4.78, 5) is 32.6. The molecule has 2 amide bonds. The van der Waals surface area contributed by atoms with Gasteiger partial charge >= 0.3 is 6.03 Å². The summed E-state index contributed by atoms with van der Waals surface area (Å²) in [7, 11) is 3.99. The smallest absolute Gasteiger partial charge is 0.321 e. The molecule has 3 rings (SSSR count). The molecule has 31 heavy (non-hydrogen) atoms. The number of aryl methyl sites for hydroxylation is 2. The summed E-state index contributed by atoms with van der Waals surface area (Å²) >= 11 is 5.94. The number of anilines is 1. The SMILES string of the molecule is Cc1ccc(C)c2[nH]c(=O)c(CN(CCCN(C)C)C(=O)Nc3ccc(Cl)cc3)cc12. The van der Waals surface area contributed by atoms with E-state index in [2.05, 4.69) is 15.2 Å². The Morgan fingerprint density at radius 2 is 1.71 bits per heavy atom. The van der Waals surface area contributed by atoms with Crippen molar-refractivity contribution >= 4 is 34.2 Å². The Bertz CT molecular complexity index is 1120.